The highest BCUT2D eigenvalue weighted by Crippen LogP contribution is 2.21. The van der Waals surface area contributed by atoms with Gasteiger partial charge in [0.2, 0.25) is 0 Å². The first-order valence-electron chi connectivity index (χ1n) is 17.3. The van der Waals surface area contributed by atoms with Gasteiger partial charge in [-0.05, 0) is 44.9 Å². The molecule has 0 aliphatic carbocycles. The van der Waals surface area contributed by atoms with Gasteiger partial charge < -0.3 is 0 Å². The third kappa shape index (κ3) is 33.7. The lowest BCUT2D eigenvalue weighted by atomic mass is 9.97. The third-order valence-corrected chi connectivity index (χ3v) is 8.43. The molecule has 0 radical (unpaired) electrons. The van der Waals surface area contributed by atoms with E-state index in [0.717, 1.165) is 12.8 Å². The summed E-state index contributed by atoms with van der Waals surface area (Å²) >= 11 is 0. The number of hydrogen-bond donors (Lipinski definition) is 1. The van der Waals surface area contributed by atoms with Gasteiger partial charge in [0, 0.05) is 0 Å². The molecule has 0 aromatic rings. The van der Waals surface area contributed by atoms with Crippen LogP contribution in [0.25, 0.3) is 0 Å². The summed E-state index contributed by atoms with van der Waals surface area (Å²) in [5, 5.41) is 0. The van der Waals surface area contributed by atoms with Gasteiger partial charge in [-0.15, -0.1) is 0 Å². The largest absolute Gasteiger partial charge is 0.397 e. The molecule has 0 saturated carbocycles. The van der Waals surface area contributed by atoms with Crippen LogP contribution in [-0.2, 0) is 14.6 Å². The summed E-state index contributed by atoms with van der Waals surface area (Å²) in [6.07, 6.45) is 40.9. The van der Waals surface area contributed by atoms with E-state index in [4.69, 9.17) is 4.55 Å². The lowest BCUT2D eigenvalue weighted by Gasteiger charge is -2.09. The fourth-order valence-electron chi connectivity index (χ4n) is 5.43. The molecule has 1 N–H and O–H groups in total. The molecule has 0 bridgehead atoms. The first kappa shape index (κ1) is 38.6. The molecular formula is C34H68O4S. The molecule has 0 atom stereocenters. The van der Waals surface area contributed by atoms with Crippen molar-refractivity contribution in [2.45, 2.75) is 200 Å². The van der Waals surface area contributed by atoms with E-state index < -0.39 is 10.4 Å². The summed E-state index contributed by atoms with van der Waals surface area (Å²) < 4.78 is 34.1. The van der Waals surface area contributed by atoms with Gasteiger partial charge >= 0.3 is 10.4 Å². The average Bonchev–Trinajstić information content (AvgIpc) is 2.90. The maximum Gasteiger partial charge on any atom is 0.397 e. The number of unbranched alkanes of at least 4 members (excludes halogenated alkanes) is 24. The fourth-order valence-corrected chi connectivity index (χ4v) is 5.76. The summed E-state index contributed by atoms with van der Waals surface area (Å²) in [6.45, 7) is 4.66. The number of allylic oxidation sites excluding steroid dienone is 2. The molecule has 0 aliphatic rings. The quantitative estimate of drug-likeness (QED) is 0.0494. The second-order valence-corrected chi connectivity index (χ2v) is 13.0. The van der Waals surface area contributed by atoms with Crippen LogP contribution in [-0.4, -0.2) is 19.6 Å². The second-order valence-electron chi connectivity index (χ2n) is 11.9. The molecule has 0 amide bonds. The van der Waals surface area contributed by atoms with Gasteiger partial charge in [-0.2, -0.15) is 8.42 Å². The molecule has 0 aromatic carbocycles. The zero-order valence-corrected chi connectivity index (χ0v) is 27.2. The van der Waals surface area contributed by atoms with Crippen molar-refractivity contribution in [2.24, 2.45) is 0 Å². The van der Waals surface area contributed by atoms with Gasteiger partial charge in [-0.1, -0.05) is 167 Å². The summed E-state index contributed by atoms with van der Waals surface area (Å²) in [5.74, 6) is 0. The maximum absolute atomic E-state index is 10.6. The maximum atomic E-state index is 10.6. The van der Waals surface area contributed by atoms with Crippen molar-refractivity contribution < 1.29 is 17.2 Å². The topological polar surface area (TPSA) is 63.6 Å². The van der Waals surface area contributed by atoms with E-state index in [1.165, 1.54) is 167 Å². The van der Waals surface area contributed by atoms with Crippen LogP contribution in [0.3, 0.4) is 0 Å². The van der Waals surface area contributed by atoms with Gasteiger partial charge in [0.25, 0.3) is 0 Å². The summed E-state index contributed by atoms with van der Waals surface area (Å²) in [7, 11) is -4.28. The molecular weight excluding hydrogens is 504 g/mol. The van der Waals surface area contributed by atoms with Crippen LogP contribution in [0.2, 0.25) is 0 Å². The first-order chi connectivity index (χ1) is 19.0. The highest BCUT2D eigenvalue weighted by Gasteiger charge is 2.03. The van der Waals surface area contributed by atoms with Gasteiger partial charge in [0.05, 0.1) is 6.61 Å². The van der Waals surface area contributed by atoms with E-state index >= 15 is 0 Å². The van der Waals surface area contributed by atoms with E-state index in [9.17, 15) is 8.42 Å². The van der Waals surface area contributed by atoms with Gasteiger partial charge in [-0.3, -0.25) is 4.55 Å². The number of rotatable bonds is 32. The van der Waals surface area contributed by atoms with E-state index in [1.54, 1.807) is 5.57 Å². The molecule has 0 spiro atoms. The molecule has 0 aromatic heterocycles. The average molecular weight is 573 g/mol. The van der Waals surface area contributed by atoms with Crippen molar-refractivity contribution in [3.63, 3.8) is 0 Å². The van der Waals surface area contributed by atoms with Crippen LogP contribution in [0.1, 0.15) is 200 Å². The Balaban J connectivity index is 3.92. The normalized spacial score (nSPS) is 12.4. The molecule has 0 fully saturated rings. The van der Waals surface area contributed by atoms with Crippen LogP contribution in [0.4, 0.5) is 0 Å². The monoisotopic (exact) mass is 572 g/mol. The highest BCUT2D eigenvalue weighted by atomic mass is 32.3. The smallest absolute Gasteiger partial charge is 0.264 e. The Bertz CT molecular complexity index is 615. The van der Waals surface area contributed by atoms with Gasteiger partial charge in [0.1, 0.15) is 0 Å². The first-order valence-corrected chi connectivity index (χ1v) is 18.7. The molecule has 39 heavy (non-hydrogen) atoms. The predicted molar refractivity (Wildman–Crippen MR) is 171 cm³/mol. The minimum atomic E-state index is -4.28. The Labute approximate surface area is 245 Å². The lowest BCUT2D eigenvalue weighted by molar-refractivity contribution is 0.261. The molecule has 0 heterocycles. The van der Waals surface area contributed by atoms with Crippen molar-refractivity contribution in [1.29, 1.82) is 0 Å². The van der Waals surface area contributed by atoms with Crippen LogP contribution in [0.5, 0.6) is 0 Å². The van der Waals surface area contributed by atoms with E-state index in [1.807, 2.05) is 0 Å². The van der Waals surface area contributed by atoms with Crippen molar-refractivity contribution >= 4 is 10.4 Å². The van der Waals surface area contributed by atoms with Gasteiger partial charge in [0.15, 0.2) is 0 Å². The molecule has 0 aliphatic heterocycles. The van der Waals surface area contributed by atoms with Crippen molar-refractivity contribution in [2.75, 3.05) is 6.61 Å². The summed E-state index contributed by atoms with van der Waals surface area (Å²) in [4.78, 5) is 0. The van der Waals surface area contributed by atoms with E-state index in [-0.39, 0.29) is 6.61 Å². The van der Waals surface area contributed by atoms with Crippen molar-refractivity contribution in [3.8, 4) is 0 Å². The number of hydrogen-bond acceptors (Lipinski definition) is 3. The zero-order chi connectivity index (χ0) is 28.7. The Morgan fingerprint density at radius 2 is 0.846 bits per heavy atom. The molecule has 0 unspecified atom stereocenters. The summed E-state index contributed by atoms with van der Waals surface area (Å²) in [5.41, 5.74) is 1.70. The SMILES string of the molecule is CCCCCCCC/C=C(/CCCCCCCCCCCCCCCC)CCCCCCCCOS(=O)(=O)O. The van der Waals surface area contributed by atoms with Crippen molar-refractivity contribution in [3.05, 3.63) is 11.6 Å². The van der Waals surface area contributed by atoms with Crippen LogP contribution in [0.15, 0.2) is 11.6 Å². The highest BCUT2D eigenvalue weighted by molar-refractivity contribution is 7.80. The van der Waals surface area contributed by atoms with Crippen LogP contribution in [0, 0.1) is 0 Å². The molecule has 234 valence electrons. The Morgan fingerprint density at radius 3 is 1.23 bits per heavy atom. The van der Waals surface area contributed by atoms with E-state index in [2.05, 4.69) is 24.1 Å². The molecule has 0 rings (SSSR count). The summed E-state index contributed by atoms with van der Waals surface area (Å²) in [6, 6.07) is 0. The predicted octanol–water partition coefficient (Wildman–Crippen LogP) is 12.1. The van der Waals surface area contributed by atoms with Crippen LogP contribution < -0.4 is 0 Å². The van der Waals surface area contributed by atoms with Crippen LogP contribution >= 0.6 is 0 Å². The Hall–Kier alpha value is -0.390. The van der Waals surface area contributed by atoms with Gasteiger partial charge in [-0.25, -0.2) is 4.18 Å². The molecule has 5 heteroatoms. The van der Waals surface area contributed by atoms with E-state index in [0.29, 0.717) is 6.42 Å². The fraction of sp³-hybridized carbons (Fsp3) is 0.941. The Kier molecular flexibility index (Phi) is 30.3. The lowest BCUT2D eigenvalue weighted by Crippen LogP contribution is -2.04. The Morgan fingerprint density at radius 1 is 0.513 bits per heavy atom. The molecule has 0 saturated heterocycles. The zero-order valence-electron chi connectivity index (χ0n) is 26.4. The third-order valence-electron chi connectivity index (χ3n) is 7.97. The van der Waals surface area contributed by atoms with Crippen molar-refractivity contribution in [1.82, 2.24) is 0 Å². The molecule has 4 nitrogen and oxygen atoms in total. The second kappa shape index (κ2) is 30.6. The minimum absolute atomic E-state index is 0.0867. The minimum Gasteiger partial charge on any atom is -0.264 e. The standard InChI is InChI=1S/C34H68O4S/c1-3-5-7-9-11-12-13-14-15-16-17-19-23-27-31-34(30-26-22-18-10-8-6-4-2)32-28-24-20-21-25-29-33-38-39(35,36)37/h30H,3-29,31-33H2,1-2H3,(H,35,36,37)/b34-30-.